The first-order chi connectivity index (χ1) is 9.20. The first-order valence-corrected chi connectivity index (χ1v) is 7.85. The molecule has 0 unspecified atom stereocenters. The summed E-state index contributed by atoms with van der Waals surface area (Å²) in [6.45, 7) is 2.76. The van der Waals surface area contributed by atoms with E-state index in [1.807, 2.05) is 30.3 Å². The lowest BCUT2D eigenvalue weighted by Gasteiger charge is -1.97. The van der Waals surface area contributed by atoms with Crippen LogP contribution in [0.25, 0.3) is 0 Å². The van der Waals surface area contributed by atoms with Gasteiger partial charge in [0.25, 0.3) is 0 Å². The molecule has 0 saturated heterocycles. The number of nitrogens with one attached hydrogen (secondary N) is 1. The lowest BCUT2D eigenvalue weighted by molar-refractivity contribution is 0.415. The Morgan fingerprint density at radius 1 is 1.05 bits per heavy atom. The van der Waals surface area contributed by atoms with Gasteiger partial charge in [-0.3, -0.25) is 0 Å². The van der Waals surface area contributed by atoms with Crippen LogP contribution < -0.4 is 9.46 Å². The smallest absolute Gasteiger partial charge is 0.201 e. The summed E-state index contributed by atoms with van der Waals surface area (Å²) in [7, 11) is -0.713. The molecule has 1 N–H and O–H groups in total. The zero-order chi connectivity index (χ0) is 14.3. The Kier molecular flexibility index (Phi) is 12.6. The molecule has 0 heterocycles. The van der Waals surface area contributed by atoms with Gasteiger partial charge in [0.1, 0.15) is 5.75 Å². The van der Waals surface area contributed by atoms with Crippen LogP contribution in [0.3, 0.4) is 0 Å². The van der Waals surface area contributed by atoms with E-state index in [2.05, 4.69) is 11.6 Å². The Bertz CT molecular complexity index is 358. The molecule has 0 radical (unpaired) electrons. The van der Waals surface area contributed by atoms with Crippen molar-refractivity contribution in [2.24, 2.45) is 0 Å². The fourth-order valence-corrected chi connectivity index (χ4v) is 1.80. The van der Waals surface area contributed by atoms with Crippen LogP contribution in [0.5, 0.6) is 5.75 Å². The van der Waals surface area contributed by atoms with E-state index in [0.717, 1.165) is 18.6 Å². The normalized spacial score (nSPS) is 9.84. The van der Waals surface area contributed by atoms with Crippen LogP contribution in [0.1, 0.15) is 39.0 Å². The molecule has 0 atom stereocenters. The maximum Gasteiger partial charge on any atom is 0.201 e. The van der Waals surface area contributed by atoms with Crippen LogP contribution in [0.4, 0.5) is 0 Å². The summed E-state index contributed by atoms with van der Waals surface area (Å²) in [6, 6.07) is 9.68. The third-order valence-corrected chi connectivity index (χ3v) is 2.98. The molecule has 0 fully saturated rings. The fourth-order valence-electron chi connectivity index (χ4n) is 1.46. The molecular formula is C14H25NO3S. The molecule has 5 heteroatoms. The van der Waals surface area contributed by atoms with Gasteiger partial charge in [-0.1, -0.05) is 50.8 Å². The summed E-state index contributed by atoms with van der Waals surface area (Å²) in [4.78, 5) is 0. The van der Waals surface area contributed by atoms with Crippen molar-refractivity contribution in [3.05, 3.63) is 30.3 Å². The predicted octanol–water partition coefficient (Wildman–Crippen LogP) is 2.77. The molecule has 1 aromatic carbocycles. The highest BCUT2D eigenvalue weighted by Gasteiger charge is 1.88. The van der Waals surface area contributed by atoms with Gasteiger partial charge in [-0.05, 0) is 18.6 Å². The Morgan fingerprint density at radius 3 is 2.16 bits per heavy atom. The van der Waals surface area contributed by atoms with E-state index >= 15 is 0 Å². The van der Waals surface area contributed by atoms with Gasteiger partial charge in [0, 0.05) is 6.54 Å². The monoisotopic (exact) mass is 287 g/mol. The summed E-state index contributed by atoms with van der Waals surface area (Å²) < 4.78 is 27.3. The molecule has 4 nitrogen and oxygen atoms in total. The van der Waals surface area contributed by atoms with Crippen LogP contribution in [0.2, 0.25) is 0 Å². The fraction of sp³-hybridized carbons (Fsp3) is 0.571. The molecule has 0 aromatic heterocycles. The standard InChI is InChI=1S/C7H17NO2S.C7H8O/c1-2-3-4-5-6-7-8-11(9)10;1-8-7-5-3-2-4-6-7/h11H,2-7H2,1H3,(H,8,9,10);2-6H,1H3. The SMILES string of the molecule is CCCCCCCN[SH](=O)=O.COc1ccccc1. The van der Waals surface area contributed by atoms with Gasteiger partial charge in [0.2, 0.25) is 10.9 Å². The second-order valence-electron chi connectivity index (χ2n) is 4.10. The Morgan fingerprint density at radius 2 is 1.68 bits per heavy atom. The maximum atomic E-state index is 10.0. The van der Waals surface area contributed by atoms with E-state index in [4.69, 9.17) is 4.74 Å². The van der Waals surface area contributed by atoms with Crippen molar-refractivity contribution in [2.75, 3.05) is 13.7 Å². The Labute approximate surface area is 118 Å². The summed E-state index contributed by atoms with van der Waals surface area (Å²) >= 11 is 0. The van der Waals surface area contributed by atoms with Crippen LogP contribution in [0.15, 0.2) is 30.3 Å². The molecule has 0 saturated carbocycles. The van der Waals surface area contributed by atoms with Crippen molar-refractivity contribution < 1.29 is 13.2 Å². The van der Waals surface area contributed by atoms with Crippen LogP contribution in [-0.2, 0) is 10.9 Å². The number of methoxy groups -OCH3 is 1. The minimum absolute atomic E-state index is 0.600. The summed E-state index contributed by atoms with van der Waals surface area (Å²) in [6.07, 6.45) is 5.79. The zero-order valence-corrected chi connectivity index (χ0v) is 12.7. The van der Waals surface area contributed by atoms with Crippen molar-refractivity contribution in [2.45, 2.75) is 39.0 Å². The van der Waals surface area contributed by atoms with Crippen molar-refractivity contribution in [1.29, 1.82) is 0 Å². The number of unbranched alkanes of at least 4 members (excludes halogenated alkanes) is 4. The van der Waals surface area contributed by atoms with Gasteiger partial charge < -0.3 is 4.74 Å². The summed E-state index contributed by atoms with van der Waals surface area (Å²) in [5.41, 5.74) is 0. The molecule has 0 aliphatic carbocycles. The molecule has 0 spiro atoms. The number of hydrogen-bond acceptors (Lipinski definition) is 3. The van der Waals surface area contributed by atoms with E-state index in [9.17, 15) is 8.42 Å². The summed E-state index contributed by atoms with van der Waals surface area (Å²) in [5.74, 6) is 0.910. The molecule has 1 rings (SSSR count). The van der Waals surface area contributed by atoms with Crippen molar-refractivity contribution >= 4 is 10.9 Å². The largest absolute Gasteiger partial charge is 0.497 e. The molecule has 1 aromatic rings. The third kappa shape index (κ3) is 13.2. The topological polar surface area (TPSA) is 55.4 Å². The number of thiol groups is 1. The number of benzene rings is 1. The van der Waals surface area contributed by atoms with Crippen molar-refractivity contribution in [1.82, 2.24) is 4.72 Å². The maximum absolute atomic E-state index is 10.0. The highest BCUT2D eigenvalue weighted by molar-refractivity contribution is 7.70. The average molecular weight is 287 g/mol. The van der Waals surface area contributed by atoms with E-state index in [1.165, 1.54) is 19.3 Å². The zero-order valence-electron chi connectivity index (χ0n) is 11.8. The first-order valence-electron chi connectivity index (χ1n) is 6.67. The number of para-hydroxylation sites is 1. The lowest BCUT2D eigenvalue weighted by atomic mass is 10.2. The highest BCUT2D eigenvalue weighted by atomic mass is 32.2. The van der Waals surface area contributed by atoms with E-state index in [0.29, 0.717) is 6.54 Å². The van der Waals surface area contributed by atoms with Gasteiger partial charge in [-0.25, -0.2) is 13.1 Å². The third-order valence-electron chi connectivity index (χ3n) is 2.50. The van der Waals surface area contributed by atoms with E-state index in [-0.39, 0.29) is 0 Å². The quantitative estimate of drug-likeness (QED) is 0.571. The first kappa shape index (κ1) is 17.9. The number of rotatable bonds is 8. The summed E-state index contributed by atoms with van der Waals surface area (Å²) in [5, 5.41) is 0. The van der Waals surface area contributed by atoms with Gasteiger partial charge >= 0.3 is 0 Å². The van der Waals surface area contributed by atoms with Gasteiger partial charge in [0.05, 0.1) is 7.11 Å². The van der Waals surface area contributed by atoms with Crippen molar-refractivity contribution in [3.63, 3.8) is 0 Å². The van der Waals surface area contributed by atoms with Gasteiger partial charge in [0.15, 0.2) is 0 Å². The van der Waals surface area contributed by atoms with E-state index in [1.54, 1.807) is 7.11 Å². The molecule has 0 aliphatic rings. The molecule has 0 aliphatic heterocycles. The van der Waals surface area contributed by atoms with Crippen LogP contribution in [-0.4, -0.2) is 22.1 Å². The molecule has 110 valence electrons. The van der Waals surface area contributed by atoms with Crippen LogP contribution in [0, 0.1) is 0 Å². The molecule has 0 amide bonds. The number of hydrogen-bond donors (Lipinski definition) is 2. The lowest BCUT2D eigenvalue weighted by Crippen LogP contribution is -2.12. The predicted molar refractivity (Wildman–Crippen MR) is 80.1 cm³/mol. The number of ether oxygens (including phenoxy) is 1. The van der Waals surface area contributed by atoms with Gasteiger partial charge in [-0.15, -0.1) is 0 Å². The molecule has 19 heavy (non-hydrogen) atoms. The Balaban J connectivity index is 0.000000356. The minimum atomic E-state index is -2.37. The minimum Gasteiger partial charge on any atom is -0.497 e. The second kappa shape index (κ2) is 13.4. The van der Waals surface area contributed by atoms with Gasteiger partial charge in [-0.2, -0.15) is 0 Å². The second-order valence-corrected chi connectivity index (χ2v) is 4.93. The molecular weight excluding hydrogens is 262 g/mol. The van der Waals surface area contributed by atoms with Crippen molar-refractivity contribution in [3.8, 4) is 5.75 Å². The Hall–Kier alpha value is -1.07. The highest BCUT2D eigenvalue weighted by Crippen LogP contribution is 2.05. The average Bonchev–Trinajstić information content (AvgIpc) is 2.44. The molecule has 0 bridgehead atoms. The van der Waals surface area contributed by atoms with E-state index < -0.39 is 10.9 Å². The van der Waals surface area contributed by atoms with Crippen LogP contribution >= 0.6 is 0 Å².